The van der Waals surface area contributed by atoms with Gasteiger partial charge >= 0.3 is 5.97 Å². The zero-order valence-electron chi connectivity index (χ0n) is 11.1. The lowest BCUT2D eigenvalue weighted by atomic mass is 10.1. The molecular formula is C14H17NO4. The fraction of sp³-hybridized carbons (Fsp3) is 0.357. The highest BCUT2D eigenvalue weighted by molar-refractivity contribution is 6.19. The Morgan fingerprint density at radius 1 is 1.37 bits per heavy atom. The van der Waals surface area contributed by atoms with Gasteiger partial charge in [0, 0.05) is 19.0 Å². The predicted molar refractivity (Wildman–Crippen MR) is 70.3 cm³/mol. The summed E-state index contributed by atoms with van der Waals surface area (Å²) >= 11 is 0. The second-order valence-corrected chi connectivity index (χ2v) is 3.73. The number of carbonyl (C=O) groups excluding carboxylic acids is 2. The molecule has 1 rings (SSSR count). The van der Waals surface area contributed by atoms with Crippen LogP contribution in [0.2, 0.25) is 0 Å². The zero-order chi connectivity index (χ0) is 14.1. The van der Waals surface area contributed by atoms with Crippen LogP contribution in [-0.4, -0.2) is 36.6 Å². The third kappa shape index (κ3) is 5.44. The van der Waals surface area contributed by atoms with Crippen molar-refractivity contribution in [2.75, 3.05) is 19.8 Å². The van der Waals surface area contributed by atoms with Gasteiger partial charge < -0.3 is 9.47 Å². The van der Waals surface area contributed by atoms with E-state index in [1.807, 2.05) is 6.92 Å². The average molecular weight is 263 g/mol. The smallest absolute Gasteiger partial charge is 0.341 e. The van der Waals surface area contributed by atoms with E-state index in [9.17, 15) is 9.59 Å². The van der Waals surface area contributed by atoms with E-state index in [1.54, 1.807) is 24.5 Å². The highest BCUT2D eigenvalue weighted by Gasteiger charge is 2.15. The van der Waals surface area contributed by atoms with Crippen molar-refractivity contribution in [3.05, 3.63) is 35.7 Å². The maximum atomic E-state index is 11.8. The van der Waals surface area contributed by atoms with Crippen LogP contribution in [0.3, 0.4) is 0 Å². The molecule has 0 atom stereocenters. The lowest BCUT2D eigenvalue weighted by molar-refractivity contribution is -0.141. The summed E-state index contributed by atoms with van der Waals surface area (Å²) in [5, 5.41) is 0. The second-order valence-electron chi connectivity index (χ2n) is 3.73. The number of esters is 1. The fourth-order valence-corrected chi connectivity index (χ4v) is 1.35. The van der Waals surface area contributed by atoms with Gasteiger partial charge in [-0.25, -0.2) is 4.79 Å². The van der Waals surface area contributed by atoms with Gasteiger partial charge in [0.2, 0.25) is 0 Å². The Balaban J connectivity index is 2.70. The number of carbonyl (C=O) groups is 2. The molecule has 0 saturated carbocycles. The average Bonchev–Trinajstić information content (AvgIpc) is 2.41. The summed E-state index contributed by atoms with van der Waals surface area (Å²) in [5.41, 5.74) is 0.680. The largest absolute Gasteiger partial charge is 0.460 e. The van der Waals surface area contributed by atoms with Gasteiger partial charge in [-0.15, -0.1) is 0 Å². The third-order valence-corrected chi connectivity index (χ3v) is 2.26. The molecule has 5 heteroatoms. The van der Waals surface area contributed by atoms with Crippen LogP contribution in [-0.2, 0) is 19.1 Å². The fourth-order valence-electron chi connectivity index (χ4n) is 1.35. The van der Waals surface area contributed by atoms with E-state index in [4.69, 9.17) is 9.47 Å². The van der Waals surface area contributed by atoms with E-state index in [0.29, 0.717) is 18.8 Å². The van der Waals surface area contributed by atoms with Crippen LogP contribution in [0.1, 0.15) is 19.4 Å². The highest BCUT2D eigenvalue weighted by Crippen LogP contribution is 2.08. The highest BCUT2D eigenvalue weighted by atomic mass is 16.6. The zero-order valence-corrected chi connectivity index (χ0v) is 11.1. The van der Waals surface area contributed by atoms with Gasteiger partial charge in [-0.05, 0) is 31.6 Å². The van der Waals surface area contributed by atoms with Gasteiger partial charge in [-0.2, -0.15) is 0 Å². The molecule has 0 N–H and O–H groups in total. The standard InChI is InChI=1S/C14H17NO4/c1-3-18-7-8-19-14(17)13(11(2)16)9-12-5-4-6-15-10-12/h4-6,9-10H,3,7-8H2,1-2H3. The van der Waals surface area contributed by atoms with Crippen LogP contribution >= 0.6 is 0 Å². The van der Waals surface area contributed by atoms with Crippen LogP contribution in [0.25, 0.3) is 6.08 Å². The Morgan fingerprint density at radius 2 is 2.16 bits per heavy atom. The molecule has 0 unspecified atom stereocenters. The van der Waals surface area contributed by atoms with Crippen molar-refractivity contribution in [2.45, 2.75) is 13.8 Å². The number of Topliss-reactive ketones (excluding diaryl/α,β-unsaturated/α-hetero) is 1. The summed E-state index contributed by atoms with van der Waals surface area (Å²) in [6.45, 7) is 4.18. The van der Waals surface area contributed by atoms with Crippen molar-refractivity contribution in [2.24, 2.45) is 0 Å². The van der Waals surface area contributed by atoms with Crippen molar-refractivity contribution in [1.82, 2.24) is 4.98 Å². The van der Waals surface area contributed by atoms with Crippen molar-refractivity contribution < 1.29 is 19.1 Å². The molecule has 0 aliphatic carbocycles. The summed E-state index contributed by atoms with van der Waals surface area (Å²) < 4.78 is 10.0. The molecular weight excluding hydrogens is 246 g/mol. The Bertz CT molecular complexity index is 454. The molecule has 1 aromatic rings. The van der Waals surface area contributed by atoms with Crippen LogP contribution in [0, 0.1) is 0 Å². The number of ketones is 1. The summed E-state index contributed by atoms with van der Waals surface area (Å²) in [5.74, 6) is -0.985. The van der Waals surface area contributed by atoms with E-state index in [1.165, 1.54) is 13.0 Å². The van der Waals surface area contributed by atoms with Gasteiger partial charge in [0.25, 0.3) is 0 Å². The van der Waals surface area contributed by atoms with Crippen molar-refractivity contribution in [3.8, 4) is 0 Å². The number of pyridine rings is 1. The van der Waals surface area contributed by atoms with Crippen molar-refractivity contribution in [1.29, 1.82) is 0 Å². The van der Waals surface area contributed by atoms with E-state index in [2.05, 4.69) is 4.98 Å². The van der Waals surface area contributed by atoms with Gasteiger partial charge in [0.15, 0.2) is 5.78 Å². The second kappa shape index (κ2) is 8.16. The molecule has 0 aromatic carbocycles. The van der Waals surface area contributed by atoms with E-state index < -0.39 is 5.97 Å². The minimum atomic E-state index is -0.643. The maximum Gasteiger partial charge on any atom is 0.341 e. The first-order valence-electron chi connectivity index (χ1n) is 6.02. The Labute approximate surface area is 112 Å². The molecule has 0 spiro atoms. The first kappa shape index (κ1) is 15.0. The van der Waals surface area contributed by atoms with Gasteiger partial charge in [-0.3, -0.25) is 9.78 Å². The van der Waals surface area contributed by atoms with Crippen LogP contribution < -0.4 is 0 Å². The Hall–Kier alpha value is -2.01. The van der Waals surface area contributed by atoms with Gasteiger partial charge in [0.1, 0.15) is 12.2 Å². The summed E-state index contributed by atoms with van der Waals surface area (Å²) in [4.78, 5) is 27.1. The number of aromatic nitrogens is 1. The molecule has 0 saturated heterocycles. The molecule has 0 fully saturated rings. The Kier molecular flexibility index (Phi) is 6.46. The van der Waals surface area contributed by atoms with E-state index >= 15 is 0 Å². The van der Waals surface area contributed by atoms with Crippen LogP contribution in [0.4, 0.5) is 0 Å². The summed E-state index contributed by atoms with van der Waals surface area (Å²) in [6.07, 6.45) is 4.65. The lowest BCUT2D eigenvalue weighted by Crippen LogP contribution is -2.16. The van der Waals surface area contributed by atoms with Gasteiger partial charge in [0.05, 0.1) is 6.61 Å². The van der Waals surface area contributed by atoms with Gasteiger partial charge in [-0.1, -0.05) is 6.07 Å². The quantitative estimate of drug-likeness (QED) is 0.246. The molecule has 19 heavy (non-hydrogen) atoms. The molecule has 1 aromatic heterocycles. The summed E-state index contributed by atoms with van der Waals surface area (Å²) in [7, 11) is 0. The normalized spacial score (nSPS) is 11.2. The molecule has 0 amide bonds. The monoisotopic (exact) mass is 263 g/mol. The van der Waals surface area contributed by atoms with Crippen molar-refractivity contribution >= 4 is 17.8 Å². The lowest BCUT2D eigenvalue weighted by Gasteiger charge is -2.06. The SMILES string of the molecule is CCOCCOC(=O)C(=Cc1cccnc1)C(C)=O. The first-order chi connectivity index (χ1) is 9.15. The Morgan fingerprint density at radius 3 is 2.74 bits per heavy atom. The molecule has 0 aliphatic rings. The molecule has 0 aliphatic heterocycles. The minimum Gasteiger partial charge on any atom is -0.460 e. The predicted octanol–water partition coefficient (Wildman–Crippen LogP) is 1.63. The first-order valence-corrected chi connectivity index (χ1v) is 6.02. The molecule has 5 nitrogen and oxygen atoms in total. The number of hydrogen-bond acceptors (Lipinski definition) is 5. The molecule has 0 radical (unpaired) electrons. The maximum absolute atomic E-state index is 11.8. The van der Waals surface area contributed by atoms with E-state index in [-0.39, 0.29) is 18.0 Å². The van der Waals surface area contributed by atoms with Crippen molar-refractivity contribution in [3.63, 3.8) is 0 Å². The molecule has 102 valence electrons. The number of hydrogen-bond donors (Lipinski definition) is 0. The minimum absolute atomic E-state index is 0.00417. The topological polar surface area (TPSA) is 65.5 Å². The number of rotatable bonds is 7. The third-order valence-electron chi connectivity index (χ3n) is 2.26. The van der Waals surface area contributed by atoms with E-state index in [0.717, 1.165) is 0 Å². The molecule has 1 heterocycles. The van der Waals surface area contributed by atoms with Crippen LogP contribution in [0.5, 0.6) is 0 Å². The molecule has 0 bridgehead atoms. The number of nitrogens with zero attached hydrogens (tertiary/aromatic N) is 1. The number of ether oxygens (including phenoxy) is 2. The van der Waals surface area contributed by atoms with Crippen LogP contribution in [0.15, 0.2) is 30.1 Å². The summed E-state index contributed by atoms with van der Waals surface area (Å²) in [6, 6.07) is 3.48.